The molecule has 1 atom stereocenters. The van der Waals surface area contributed by atoms with Gasteiger partial charge in [-0.1, -0.05) is 13.8 Å². The van der Waals surface area contributed by atoms with Crippen LogP contribution in [0.25, 0.3) is 0 Å². The van der Waals surface area contributed by atoms with Gasteiger partial charge in [-0.05, 0) is 43.4 Å². The number of halogens is 3. The molecule has 0 spiro atoms. The minimum atomic E-state index is -4.23. The zero-order valence-corrected chi connectivity index (χ0v) is 9.35. The van der Waals surface area contributed by atoms with E-state index in [1.54, 1.807) is 0 Å². The van der Waals surface area contributed by atoms with Crippen LogP contribution in [0.2, 0.25) is 0 Å². The van der Waals surface area contributed by atoms with Crippen LogP contribution in [0.4, 0.5) is 13.2 Å². The Morgan fingerprint density at radius 2 is 1.40 bits per heavy atom. The van der Waals surface area contributed by atoms with Crippen LogP contribution in [0.5, 0.6) is 0 Å². The first-order valence-electron chi connectivity index (χ1n) is 5.64. The van der Waals surface area contributed by atoms with Gasteiger partial charge >= 0.3 is 6.18 Å². The highest BCUT2D eigenvalue weighted by atomic mass is 19.4. The first-order chi connectivity index (χ1) is 6.82. The van der Waals surface area contributed by atoms with Gasteiger partial charge in [-0.3, -0.25) is 0 Å². The lowest BCUT2D eigenvalue weighted by molar-refractivity contribution is -0.162. The molecular weight excluding hydrogens is 203 g/mol. The van der Waals surface area contributed by atoms with Crippen LogP contribution in [0.3, 0.4) is 0 Å². The number of hydrogen-bond donors (Lipinski definition) is 1. The lowest BCUT2D eigenvalue weighted by Gasteiger charge is -2.34. The lowest BCUT2D eigenvalue weighted by atomic mass is 9.74. The van der Waals surface area contributed by atoms with Crippen molar-refractivity contribution in [2.45, 2.75) is 51.7 Å². The Labute approximate surface area is 89.2 Å². The molecule has 1 nitrogen and oxygen atoms in total. The summed E-state index contributed by atoms with van der Waals surface area (Å²) in [6.45, 7) is 4.27. The fourth-order valence-corrected chi connectivity index (χ4v) is 2.44. The molecule has 0 amide bonds. The summed E-state index contributed by atoms with van der Waals surface area (Å²) < 4.78 is 37.1. The van der Waals surface area contributed by atoms with Crippen LogP contribution in [0.15, 0.2) is 0 Å². The fourth-order valence-electron chi connectivity index (χ4n) is 2.44. The van der Waals surface area contributed by atoms with Gasteiger partial charge in [0.1, 0.15) is 6.04 Å². The van der Waals surface area contributed by atoms with Gasteiger partial charge in [-0.25, -0.2) is 0 Å². The molecule has 1 unspecified atom stereocenters. The average Bonchev–Trinajstić information content (AvgIpc) is 2.15. The Balaban J connectivity index is 2.44. The SMILES string of the molecule is CC(C)C1CCC(C(N)C(F)(F)F)CC1. The van der Waals surface area contributed by atoms with Crippen LogP contribution in [0, 0.1) is 17.8 Å². The third-order valence-corrected chi connectivity index (χ3v) is 3.65. The van der Waals surface area contributed by atoms with Gasteiger partial charge in [0.15, 0.2) is 0 Å². The van der Waals surface area contributed by atoms with E-state index in [4.69, 9.17) is 5.73 Å². The minimum Gasteiger partial charge on any atom is -0.320 e. The molecule has 0 aromatic heterocycles. The molecule has 15 heavy (non-hydrogen) atoms. The van der Waals surface area contributed by atoms with E-state index in [1.807, 2.05) is 0 Å². The highest BCUT2D eigenvalue weighted by Crippen LogP contribution is 2.37. The van der Waals surface area contributed by atoms with Crippen LogP contribution in [0.1, 0.15) is 39.5 Å². The standard InChI is InChI=1S/C11H20F3N/c1-7(2)8-3-5-9(6-4-8)10(15)11(12,13)14/h7-10H,3-6,15H2,1-2H3. The molecule has 90 valence electrons. The second-order valence-corrected chi connectivity index (χ2v) is 4.99. The molecule has 1 aliphatic carbocycles. The molecule has 1 fully saturated rings. The molecule has 1 rings (SSSR count). The fraction of sp³-hybridized carbons (Fsp3) is 1.00. The number of hydrogen-bond acceptors (Lipinski definition) is 1. The summed E-state index contributed by atoms with van der Waals surface area (Å²) >= 11 is 0. The molecule has 0 heterocycles. The predicted molar refractivity (Wildman–Crippen MR) is 54.3 cm³/mol. The van der Waals surface area contributed by atoms with E-state index >= 15 is 0 Å². The molecule has 0 aromatic carbocycles. The molecule has 1 aliphatic rings. The molecule has 0 saturated heterocycles. The zero-order valence-electron chi connectivity index (χ0n) is 9.35. The normalized spacial score (nSPS) is 30.6. The van der Waals surface area contributed by atoms with Crippen molar-refractivity contribution in [3.05, 3.63) is 0 Å². The van der Waals surface area contributed by atoms with Crippen LogP contribution in [-0.4, -0.2) is 12.2 Å². The Kier molecular flexibility index (Phi) is 4.04. The topological polar surface area (TPSA) is 26.0 Å². The summed E-state index contributed by atoms with van der Waals surface area (Å²) in [7, 11) is 0. The maximum absolute atomic E-state index is 12.4. The first-order valence-corrected chi connectivity index (χ1v) is 5.64. The van der Waals surface area contributed by atoms with Crippen molar-refractivity contribution < 1.29 is 13.2 Å². The molecule has 0 radical (unpaired) electrons. The molecule has 0 bridgehead atoms. The van der Waals surface area contributed by atoms with Crippen LogP contribution >= 0.6 is 0 Å². The highest BCUT2D eigenvalue weighted by molar-refractivity contribution is 4.84. The van der Waals surface area contributed by atoms with E-state index in [0.717, 1.165) is 12.8 Å². The maximum Gasteiger partial charge on any atom is 0.403 e. The van der Waals surface area contributed by atoms with Gasteiger partial charge in [0.05, 0.1) is 0 Å². The van der Waals surface area contributed by atoms with Crippen molar-refractivity contribution >= 4 is 0 Å². The highest BCUT2D eigenvalue weighted by Gasteiger charge is 2.42. The van der Waals surface area contributed by atoms with Crippen molar-refractivity contribution in [3.63, 3.8) is 0 Å². The van der Waals surface area contributed by atoms with E-state index in [1.165, 1.54) is 0 Å². The Morgan fingerprint density at radius 1 is 1.00 bits per heavy atom. The third kappa shape index (κ3) is 3.37. The summed E-state index contributed by atoms with van der Waals surface area (Å²) in [6, 6.07) is -1.62. The van der Waals surface area contributed by atoms with Crippen molar-refractivity contribution in [1.29, 1.82) is 0 Å². The second kappa shape index (κ2) is 4.73. The van der Waals surface area contributed by atoms with E-state index in [9.17, 15) is 13.2 Å². The first kappa shape index (κ1) is 12.8. The number of rotatable bonds is 2. The molecule has 1 saturated carbocycles. The Bertz CT molecular complexity index is 192. The smallest absolute Gasteiger partial charge is 0.320 e. The second-order valence-electron chi connectivity index (χ2n) is 4.99. The summed E-state index contributed by atoms with van der Waals surface area (Å²) in [6.07, 6.45) is -1.18. The summed E-state index contributed by atoms with van der Waals surface area (Å²) in [5.74, 6) is 0.801. The van der Waals surface area contributed by atoms with Crippen molar-refractivity contribution in [3.8, 4) is 0 Å². The predicted octanol–water partition coefficient (Wildman–Crippen LogP) is 3.34. The molecular formula is C11H20F3N. The summed E-state index contributed by atoms with van der Waals surface area (Å²) in [4.78, 5) is 0. The zero-order chi connectivity index (χ0) is 11.6. The number of alkyl halides is 3. The quantitative estimate of drug-likeness (QED) is 0.763. The number of nitrogens with two attached hydrogens (primary N) is 1. The largest absolute Gasteiger partial charge is 0.403 e. The van der Waals surface area contributed by atoms with Crippen molar-refractivity contribution in [2.75, 3.05) is 0 Å². The molecule has 0 aromatic rings. The van der Waals surface area contributed by atoms with Gasteiger partial charge in [0.2, 0.25) is 0 Å². The monoisotopic (exact) mass is 223 g/mol. The molecule has 4 heteroatoms. The van der Waals surface area contributed by atoms with E-state index in [2.05, 4.69) is 13.8 Å². The minimum absolute atomic E-state index is 0.361. The Hall–Kier alpha value is -0.250. The summed E-state index contributed by atoms with van der Waals surface area (Å²) in [5, 5.41) is 0. The van der Waals surface area contributed by atoms with Gasteiger partial charge in [-0.15, -0.1) is 0 Å². The van der Waals surface area contributed by atoms with Gasteiger partial charge in [0, 0.05) is 0 Å². The van der Waals surface area contributed by atoms with E-state index in [0.29, 0.717) is 24.7 Å². The molecule has 0 aliphatic heterocycles. The Morgan fingerprint density at radius 3 is 1.73 bits per heavy atom. The maximum atomic E-state index is 12.4. The average molecular weight is 223 g/mol. The third-order valence-electron chi connectivity index (χ3n) is 3.65. The van der Waals surface area contributed by atoms with E-state index < -0.39 is 12.2 Å². The summed E-state index contributed by atoms with van der Waals surface area (Å²) in [5.41, 5.74) is 5.22. The van der Waals surface area contributed by atoms with Gasteiger partial charge in [-0.2, -0.15) is 13.2 Å². The molecule has 2 N–H and O–H groups in total. The van der Waals surface area contributed by atoms with Gasteiger partial charge in [0.25, 0.3) is 0 Å². The van der Waals surface area contributed by atoms with Crippen LogP contribution < -0.4 is 5.73 Å². The van der Waals surface area contributed by atoms with Crippen LogP contribution in [-0.2, 0) is 0 Å². The lowest BCUT2D eigenvalue weighted by Crippen LogP contribution is -2.45. The van der Waals surface area contributed by atoms with Gasteiger partial charge < -0.3 is 5.73 Å². The van der Waals surface area contributed by atoms with Crippen molar-refractivity contribution in [1.82, 2.24) is 0 Å². The van der Waals surface area contributed by atoms with E-state index in [-0.39, 0.29) is 5.92 Å². The van der Waals surface area contributed by atoms with Crippen molar-refractivity contribution in [2.24, 2.45) is 23.5 Å².